The Morgan fingerprint density at radius 1 is 1.00 bits per heavy atom. The number of fused-ring (bicyclic) bond motifs is 1. The zero-order chi connectivity index (χ0) is 26.0. The highest BCUT2D eigenvalue weighted by molar-refractivity contribution is 7.89. The quantitative estimate of drug-likeness (QED) is 0.405. The number of benzene rings is 3. The monoisotopic (exact) mass is 517 g/mol. The number of nitrogens with one attached hydrogen (secondary N) is 1. The number of para-hydroxylation sites is 1. The van der Waals surface area contributed by atoms with Crippen LogP contribution in [0.1, 0.15) is 15.9 Å². The minimum atomic E-state index is -3.90. The zero-order valence-corrected chi connectivity index (χ0v) is 21.4. The lowest BCUT2D eigenvalue weighted by atomic mass is 10.0. The molecule has 1 saturated heterocycles. The van der Waals surface area contributed by atoms with Gasteiger partial charge in [0.25, 0.3) is 5.91 Å². The van der Waals surface area contributed by atoms with Crippen LogP contribution in [0.5, 0.6) is 5.75 Å². The minimum absolute atomic E-state index is 0.0285. The maximum Gasteiger partial charge on any atom is 0.256 e. The van der Waals surface area contributed by atoms with Crippen molar-refractivity contribution < 1.29 is 22.7 Å². The molecule has 0 atom stereocenters. The maximum absolute atomic E-state index is 13.7. The fraction of sp³-hybridized carbons (Fsp3) is 0.214. The van der Waals surface area contributed by atoms with Crippen molar-refractivity contribution in [2.24, 2.45) is 0 Å². The molecule has 5 rings (SSSR count). The van der Waals surface area contributed by atoms with Crippen molar-refractivity contribution in [3.63, 3.8) is 0 Å². The standard InChI is InChI=1S/C28H27N3O5S/c1-19-7-9-20(10-8-19)26-18-23(22-5-3-4-6-24(22)29-26)28(32)30-25-12-11-21(35-2)17-27(25)37(33,34)31-13-15-36-16-14-31/h3-12,17-18H,13-16H2,1-2H3,(H,30,32). The van der Waals surface area contributed by atoms with Crippen LogP contribution >= 0.6 is 0 Å². The van der Waals surface area contributed by atoms with Crippen LogP contribution in [0.4, 0.5) is 5.69 Å². The molecule has 3 aromatic carbocycles. The van der Waals surface area contributed by atoms with Gasteiger partial charge in [0.15, 0.2) is 0 Å². The summed E-state index contributed by atoms with van der Waals surface area (Å²) in [6.45, 7) is 3.11. The van der Waals surface area contributed by atoms with Crippen molar-refractivity contribution in [1.29, 1.82) is 0 Å². The summed E-state index contributed by atoms with van der Waals surface area (Å²) >= 11 is 0. The summed E-state index contributed by atoms with van der Waals surface area (Å²) in [5.41, 5.74) is 3.89. The highest BCUT2D eigenvalue weighted by Gasteiger charge is 2.30. The molecule has 1 aliphatic rings. The third-order valence-electron chi connectivity index (χ3n) is 6.33. The molecule has 2 heterocycles. The van der Waals surface area contributed by atoms with Crippen molar-refractivity contribution >= 4 is 32.5 Å². The van der Waals surface area contributed by atoms with Crippen molar-refractivity contribution in [3.05, 3.63) is 83.9 Å². The second-order valence-corrected chi connectivity index (χ2v) is 10.7. The summed E-state index contributed by atoms with van der Waals surface area (Å²) in [5, 5.41) is 3.51. The average molecular weight is 518 g/mol. The van der Waals surface area contributed by atoms with Gasteiger partial charge in [-0.2, -0.15) is 4.31 Å². The van der Waals surface area contributed by atoms with Crippen LogP contribution < -0.4 is 10.1 Å². The number of pyridine rings is 1. The summed E-state index contributed by atoms with van der Waals surface area (Å²) in [5.74, 6) is -0.0589. The molecule has 1 amide bonds. The third-order valence-corrected chi connectivity index (χ3v) is 8.27. The second-order valence-electron chi connectivity index (χ2n) is 8.77. The minimum Gasteiger partial charge on any atom is -0.497 e. The number of hydrogen-bond donors (Lipinski definition) is 1. The molecule has 0 spiro atoms. The van der Waals surface area contributed by atoms with Crippen LogP contribution in [0.15, 0.2) is 77.7 Å². The molecule has 4 aromatic rings. The van der Waals surface area contributed by atoms with Crippen LogP contribution in [0.2, 0.25) is 0 Å². The number of morpholine rings is 1. The Bertz CT molecular complexity index is 1560. The predicted molar refractivity (Wildman–Crippen MR) is 142 cm³/mol. The number of sulfonamides is 1. The Balaban J connectivity index is 1.57. The predicted octanol–water partition coefficient (Wildman–Crippen LogP) is 4.49. The molecular weight excluding hydrogens is 490 g/mol. The Morgan fingerprint density at radius 3 is 2.46 bits per heavy atom. The van der Waals surface area contributed by atoms with Crippen LogP contribution in [-0.2, 0) is 14.8 Å². The molecule has 190 valence electrons. The van der Waals surface area contributed by atoms with E-state index in [-0.39, 0.29) is 23.7 Å². The topological polar surface area (TPSA) is 97.8 Å². The Kier molecular flexibility index (Phi) is 6.92. The molecular formula is C28H27N3O5S. The molecule has 1 N–H and O–H groups in total. The third kappa shape index (κ3) is 5.06. The Labute approximate surface area is 215 Å². The normalized spacial score (nSPS) is 14.4. The van der Waals surface area contributed by atoms with E-state index in [4.69, 9.17) is 14.5 Å². The molecule has 37 heavy (non-hydrogen) atoms. The van der Waals surface area contributed by atoms with E-state index >= 15 is 0 Å². The number of carbonyl (C=O) groups is 1. The van der Waals surface area contributed by atoms with Gasteiger partial charge in [0.05, 0.1) is 42.8 Å². The second kappa shape index (κ2) is 10.3. The summed E-state index contributed by atoms with van der Waals surface area (Å²) in [4.78, 5) is 18.4. The number of carbonyl (C=O) groups excluding carboxylic acids is 1. The number of rotatable bonds is 6. The fourth-order valence-electron chi connectivity index (χ4n) is 4.30. The van der Waals surface area contributed by atoms with Gasteiger partial charge < -0.3 is 14.8 Å². The number of aromatic nitrogens is 1. The molecule has 1 aromatic heterocycles. The molecule has 0 radical (unpaired) electrons. The van der Waals surface area contributed by atoms with Gasteiger partial charge in [0.1, 0.15) is 10.6 Å². The van der Waals surface area contributed by atoms with E-state index in [1.54, 1.807) is 18.2 Å². The van der Waals surface area contributed by atoms with Crippen molar-refractivity contribution in [2.45, 2.75) is 11.8 Å². The van der Waals surface area contributed by atoms with E-state index in [0.29, 0.717) is 41.1 Å². The number of nitrogens with zero attached hydrogens (tertiary/aromatic N) is 2. The van der Waals surface area contributed by atoms with Gasteiger partial charge in [0, 0.05) is 30.1 Å². The lowest BCUT2D eigenvalue weighted by Gasteiger charge is -2.27. The molecule has 0 unspecified atom stereocenters. The summed E-state index contributed by atoms with van der Waals surface area (Å²) in [6.07, 6.45) is 0. The number of hydrogen-bond acceptors (Lipinski definition) is 6. The largest absolute Gasteiger partial charge is 0.497 e. The maximum atomic E-state index is 13.7. The first-order chi connectivity index (χ1) is 17.9. The number of amides is 1. The number of methoxy groups -OCH3 is 1. The summed E-state index contributed by atoms with van der Waals surface area (Å²) < 4.78 is 39.0. The molecule has 1 aliphatic heterocycles. The first kappa shape index (κ1) is 24.9. The molecule has 0 saturated carbocycles. The number of anilines is 1. The number of ether oxygens (including phenoxy) is 2. The lowest BCUT2D eigenvalue weighted by molar-refractivity contribution is 0.0730. The number of aryl methyl sites for hydroxylation is 1. The van der Waals surface area contributed by atoms with Crippen molar-refractivity contribution in [2.75, 3.05) is 38.7 Å². The van der Waals surface area contributed by atoms with Crippen LogP contribution in [0.3, 0.4) is 0 Å². The lowest BCUT2D eigenvalue weighted by Crippen LogP contribution is -2.40. The first-order valence-electron chi connectivity index (χ1n) is 11.9. The van der Waals surface area contributed by atoms with Crippen LogP contribution in [-0.4, -0.2) is 57.0 Å². The highest BCUT2D eigenvalue weighted by atomic mass is 32.2. The first-order valence-corrected chi connectivity index (χ1v) is 13.3. The molecule has 9 heteroatoms. The smallest absolute Gasteiger partial charge is 0.256 e. The van der Waals surface area contributed by atoms with Crippen LogP contribution in [0.25, 0.3) is 22.2 Å². The fourth-order valence-corrected chi connectivity index (χ4v) is 5.87. The average Bonchev–Trinajstić information content (AvgIpc) is 2.93. The SMILES string of the molecule is COc1ccc(NC(=O)c2cc(-c3ccc(C)cc3)nc3ccccc23)c(S(=O)(=O)N2CCOCC2)c1. The van der Waals surface area contributed by atoms with E-state index in [2.05, 4.69) is 5.32 Å². The Hall–Kier alpha value is -3.79. The summed E-state index contributed by atoms with van der Waals surface area (Å²) in [7, 11) is -2.44. The van der Waals surface area contributed by atoms with Gasteiger partial charge in [-0.3, -0.25) is 4.79 Å². The molecule has 1 fully saturated rings. The van der Waals surface area contributed by atoms with Crippen molar-refractivity contribution in [3.8, 4) is 17.0 Å². The van der Waals surface area contributed by atoms with Gasteiger partial charge >= 0.3 is 0 Å². The van der Waals surface area contributed by atoms with Gasteiger partial charge in [-0.25, -0.2) is 13.4 Å². The molecule has 0 aliphatic carbocycles. The van der Waals surface area contributed by atoms with E-state index in [0.717, 1.165) is 11.1 Å². The van der Waals surface area contributed by atoms with Gasteiger partial charge in [-0.15, -0.1) is 0 Å². The molecule has 0 bridgehead atoms. The van der Waals surface area contributed by atoms with E-state index in [1.807, 2.05) is 55.5 Å². The zero-order valence-electron chi connectivity index (χ0n) is 20.6. The van der Waals surface area contributed by atoms with E-state index < -0.39 is 15.9 Å². The van der Waals surface area contributed by atoms with Gasteiger partial charge in [-0.1, -0.05) is 48.0 Å². The van der Waals surface area contributed by atoms with Crippen LogP contribution in [0, 0.1) is 6.92 Å². The van der Waals surface area contributed by atoms with E-state index in [1.165, 1.54) is 17.5 Å². The Morgan fingerprint density at radius 2 is 1.73 bits per heavy atom. The highest BCUT2D eigenvalue weighted by Crippen LogP contribution is 2.31. The molecule has 8 nitrogen and oxygen atoms in total. The van der Waals surface area contributed by atoms with E-state index in [9.17, 15) is 13.2 Å². The van der Waals surface area contributed by atoms with Gasteiger partial charge in [-0.05, 0) is 31.2 Å². The van der Waals surface area contributed by atoms with Crippen molar-refractivity contribution in [1.82, 2.24) is 9.29 Å². The summed E-state index contributed by atoms with van der Waals surface area (Å²) in [6, 6.07) is 21.6. The van der Waals surface area contributed by atoms with Gasteiger partial charge in [0.2, 0.25) is 10.0 Å².